The van der Waals surface area contributed by atoms with Crippen LogP contribution in [0.15, 0.2) is 54.1 Å². The number of carbonyl (C=O) groups excluding carboxylic acids is 4. The second kappa shape index (κ2) is 9.06. The summed E-state index contributed by atoms with van der Waals surface area (Å²) in [6.07, 6.45) is 1.50. The van der Waals surface area contributed by atoms with Crippen LogP contribution in [-0.2, 0) is 14.3 Å². The lowest BCUT2D eigenvalue weighted by Crippen LogP contribution is -2.54. The van der Waals surface area contributed by atoms with Crippen LogP contribution in [0.25, 0.3) is 11.8 Å². The fraction of sp³-hybridized carbons (Fsp3) is 0.185. The number of nitrogens with zero attached hydrogens (tertiary/aromatic N) is 2. The van der Waals surface area contributed by atoms with Gasteiger partial charge in [0.25, 0.3) is 11.8 Å². The number of rotatable bonds is 4. The maximum atomic E-state index is 13.3. The first-order valence-corrected chi connectivity index (χ1v) is 11.0. The number of urea groups is 1. The number of nitrogens with one attached hydrogen (secondary N) is 1. The Morgan fingerprint density at radius 2 is 1.66 bits per heavy atom. The molecule has 3 aromatic rings. The lowest BCUT2D eigenvalue weighted by molar-refractivity contribution is -0.122. The summed E-state index contributed by atoms with van der Waals surface area (Å²) in [7, 11) is 1.33. The smallest absolute Gasteiger partial charge is 0.337 e. The van der Waals surface area contributed by atoms with Crippen molar-refractivity contribution >= 4 is 35.6 Å². The summed E-state index contributed by atoms with van der Waals surface area (Å²) in [6.45, 7) is 7.48. The zero-order valence-corrected chi connectivity index (χ0v) is 20.1. The van der Waals surface area contributed by atoms with Gasteiger partial charge in [0, 0.05) is 17.1 Å². The molecule has 178 valence electrons. The van der Waals surface area contributed by atoms with Crippen LogP contribution in [0.1, 0.15) is 38.4 Å². The van der Waals surface area contributed by atoms with Crippen LogP contribution in [0.5, 0.6) is 0 Å². The van der Waals surface area contributed by atoms with Crippen LogP contribution in [0.2, 0.25) is 0 Å². The van der Waals surface area contributed by atoms with E-state index in [4.69, 9.17) is 4.74 Å². The average molecular weight is 472 g/mol. The summed E-state index contributed by atoms with van der Waals surface area (Å²) in [4.78, 5) is 51.3. The van der Waals surface area contributed by atoms with E-state index >= 15 is 0 Å². The molecular formula is C27H25N3O5. The van der Waals surface area contributed by atoms with Crippen LogP contribution in [-0.4, -0.2) is 35.5 Å². The SMILES string of the molecule is COC(=O)c1ccc(-n2c(C)cc(/C=C3/C(=O)NC(=O)N(c4cccc(C)c4C)C3=O)c2C)cc1. The molecule has 2 heterocycles. The molecule has 1 aromatic heterocycles. The standard InChI is InChI=1S/C27H25N3O5/c1-15-7-6-8-23(17(15)3)30-25(32)22(24(31)28-27(30)34)14-20-13-16(2)29(18(20)4)21-11-9-19(10-12-21)26(33)35-5/h6-14H,1-5H3,(H,28,31,34)/b22-14-. The minimum absolute atomic E-state index is 0.133. The highest BCUT2D eigenvalue weighted by atomic mass is 16.5. The number of hydrogen-bond acceptors (Lipinski definition) is 5. The molecule has 35 heavy (non-hydrogen) atoms. The van der Waals surface area contributed by atoms with Gasteiger partial charge in [0.15, 0.2) is 0 Å². The van der Waals surface area contributed by atoms with Crippen molar-refractivity contribution in [3.8, 4) is 5.69 Å². The average Bonchev–Trinajstić information content (AvgIpc) is 3.11. The van der Waals surface area contributed by atoms with Crippen molar-refractivity contribution in [3.63, 3.8) is 0 Å². The molecule has 8 nitrogen and oxygen atoms in total. The number of carbonyl (C=O) groups is 4. The number of benzene rings is 2. The molecule has 1 saturated heterocycles. The summed E-state index contributed by atoms with van der Waals surface area (Å²) >= 11 is 0. The lowest BCUT2D eigenvalue weighted by atomic mass is 10.0. The third-order valence-corrected chi connectivity index (χ3v) is 6.24. The quantitative estimate of drug-likeness (QED) is 0.350. The van der Waals surface area contributed by atoms with Crippen LogP contribution in [0.3, 0.4) is 0 Å². The van der Waals surface area contributed by atoms with Gasteiger partial charge in [-0.25, -0.2) is 14.5 Å². The number of anilines is 1. The number of methoxy groups -OCH3 is 1. The predicted octanol–water partition coefficient (Wildman–Crippen LogP) is 4.16. The second-order valence-corrected chi connectivity index (χ2v) is 8.38. The first kappa shape index (κ1) is 23.7. The molecule has 8 heteroatoms. The molecule has 1 aliphatic heterocycles. The first-order valence-electron chi connectivity index (χ1n) is 11.0. The zero-order chi connectivity index (χ0) is 25.4. The summed E-state index contributed by atoms with van der Waals surface area (Å²) in [6, 6.07) is 13.3. The van der Waals surface area contributed by atoms with Crippen molar-refractivity contribution in [2.24, 2.45) is 0 Å². The van der Waals surface area contributed by atoms with Gasteiger partial charge in [-0.3, -0.25) is 14.9 Å². The Bertz CT molecular complexity index is 1410. The Morgan fingerprint density at radius 3 is 2.31 bits per heavy atom. The monoisotopic (exact) mass is 471 g/mol. The van der Waals surface area contributed by atoms with Crippen LogP contribution in [0.4, 0.5) is 10.5 Å². The van der Waals surface area contributed by atoms with Gasteiger partial charge in [0.2, 0.25) is 0 Å². The number of imide groups is 2. The molecule has 1 fully saturated rings. The zero-order valence-electron chi connectivity index (χ0n) is 20.1. The summed E-state index contributed by atoms with van der Waals surface area (Å²) in [5.41, 5.74) is 5.56. The Labute approximate surface area is 202 Å². The molecule has 4 rings (SSSR count). The van der Waals surface area contributed by atoms with Gasteiger partial charge in [0.1, 0.15) is 5.57 Å². The van der Waals surface area contributed by atoms with E-state index in [1.165, 1.54) is 13.2 Å². The Hall–Kier alpha value is -4.46. The van der Waals surface area contributed by atoms with Crippen molar-refractivity contribution in [1.29, 1.82) is 0 Å². The number of ether oxygens (including phenoxy) is 1. The van der Waals surface area contributed by atoms with E-state index in [2.05, 4.69) is 5.32 Å². The van der Waals surface area contributed by atoms with Crippen LogP contribution in [0, 0.1) is 27.7 Å². The van der Waals surface area contributed by atoms with Crippen molar-refractivity contribution in [3.05, 3.63) is 87.7 Å². The first-order chi connectivity index (χ1) is 16.6. The Kier molecular flexibility index (Phi) is 6.13. The molecule has 0 aliphatic carbocycles. The van der Waals surface area contributed by atoms with Gasteiger partial charge >= 0.3 is 12.0 Å². The van der Waals surface area contributed by atoms with Crippen molar-refractivity contribution in [2.45, 2.75) is 27.7 Å². The molecule has 0 atom stereocenters. The molecule has 0 saturated carbocycles. The van der Waals surface area contributed by atoms with Crippen molar-refractivity contribution in [1.82, 2.24) is 9.88 Å². The summed E-state index contributed by atoms with van der Waals surface area (Å²) < 4.78 is 6.70. The number of aromatic nitrogens is 1. The lowest BCUT2D eigenvalue weighted by Gasteiger charge is -2.28. The molecule has 4 amide bonds. The maximum Gasteiger partial charge on any atom is 0.337 e. The molecular weight excluding hydrogens is 446 g/mol. The number of barbiturate groups is 1. The largest absolute Gasteiger partial charge is 0.465 e. The highest BCUT2D eigenvalue weighted by Crippen LogP contribution is 2.28. The topological polar surface area (TPSA) is 97.7 Å². The van der Waals surface area contributed by atoms with E-state index in [9.17, 15) is 19.2 Å². The van der Waals surface area contributed by atoms with Gasteiger partial charge in [-0.2, -0.15) is 0 Å². The molecule has 0 unspecified atom stereocenters. The van der Waals surface area contributed by atoms with Gasteiger partial charge in [-0.05, 0) is 86.9 Å². The highest BCUT2D eigenvalue weighted by molar-refractivity contribution is 6.39. The van der Waals surface area contributed by atoms with E-state index in [1.54, 1.807) is 36.4 Å². The predicted molar refractivity (Wildman–Crippen MR) is 132 cm³/mol. The minimum Gasteiger partial charge on any atom is -0.465 e. The van der Waals surface area contributed by atoms with E-state index in [-0.39, 0.29) is 5.57 Å². The second-order valence-electron chi connectivity index (χ2n) is 8.38. The molecule has 1 N–H and O–H groups in total. The normalized spacial score (nSPS) is 14.9. The third-order valence-electron chi connectivity index (χ3n) is 6.24. The summed E-state index contributed by atoms with van der Waals surface area (Å²) in [5, 5.41) is 2.28. The van der Waals surface area contributed by atoms with Crippen LogP contribution < -0.4 is 10.2 Å². The fourth-order valence-corrected chi connectivity index (χ4v) is 4.21. The highest BCUT2D eigenvalue weighted by Gasteiger charge is 2.37. The number of amides is 4. The Balaban J connectivity index is 1.74. The fourth-order valence-electron chi connectivity index (χ4n) is 4.21. The van der Waals surface area contributed by atoms with Crippen molar-refractivity contribution in [2.75, 3.05) is 12.0 Å². The third kappa shape index (κ3) is 4.14. The molecule has 0 spiro atoms. The molecule has 2 aromatic carbocycles. The minimum atomic E-state index is -0.776. The van der Waals surface area contributed by atoms with E-state index < -0.39 is 23.8 Å². The number of esters is 1. The van der Waals surface area contributed by atoms with Gasteiger partial charge in [-0.1, -0.05) is 12.1 Å². The van der Waals surface area contributed by atoms with Crippen LogP contribution >= 0.6 is 0 Å². The van der Waals surface area contributed by atoms with Crippen molar-refractivity contribution < 1.29 is 23.9 Å². The van der Waals surface area contributed by atoms with E-state index in [0.29, 0.717) is 16.8 Å². The van der Waals surface area contributed by atoms with Gasteiger partial charge in [0.05, 0.1) is 18.4 Å². The van der Waals surface area contributed by atoms with Gasteiger partial charge < -0.3 is 9.30 Å². The maximum absolute atomic E-state index is 13.3. The van der Waals surface area contributed by atoms with E-state index in [1.807, 2.05) is 44.4 Å². The van der Waals surface area contributed by atoms with E-state index in [0.717, 1.165) is 33.1 Å². The van der Waals surface area contributed by atoms with Gasteiger partial charge in [-0.15, -0.1) is 0 Å². The summed E-state index contributed by atoms with van der Waals surface area (Å²) in [5.74, 6) is -1.85. The number of aryl methyl sites for hydroxylation is 2. The molecule has 0 bridgehead atoms. The molecule has 1 aliphatic rings. The Morgan fingerprint density at radius 1 is 0.971 bits per heavy atom. The molecule has 0 radical (unpaired) electrons. The number of hydrogen-bond donors (Lipinski definition) is 1.